The third-order valence-corrected chi connectivity index (χ3v) is 1.82. The first-order valence-electron chi connectivity index (χ1n) is 3.75. The molecule has 0 saturated heterocycles. The van der Waals surface area contributed by atoms with E-state index < -0.39 is 5.30 Å². The quantitative estimate of drug-likeness (QED) is 0.703. The average molecular weight is 193 g/mol. The monoisotopic (exact) mass is 193 g/mol. The molecule has 1 heterocycles. The van der Waals surface area contributed by atoms with E-state index in [9.17, 15) is 4.79 Å². The lowest BCUT2D eigenvalue weighted by atomic mass is 10.3. The van der Waals surface area contributed by atoms with Crippen LogP contribution in [0.1, 0.15) is 0 Å². The number of carbonyl (C=O) groups excluding carboxylic acids is 1. The molecule has 0 unspecified atom stereocenters. The van der Waals surface area contributed by atoms with Crippen LogP contribution >= 0.6 is 12.6 Å². The van der Waals surface area contributed by atoms with Crippen LogP contribution in [0.25, 0.3) is 10.9 Å². The molecule has 0 saturated carbocycles. The molecule has 0 N–H and O–H groups in total. The van der Waals surface area contributed by atoms with Crippen molar-refractivity contribution in [2.24, 2.45) is 0 Å². The van der Waals surface area contributed by atoms with E-state index in [0.717, 1.165) is 10.9 Å². The fourth-order valence-electron chi connectivity index (χ4n) is 1.22. The number of benzene rings is 1. The zero-order valence-electron chi connectivity index (χ0n) is 6.68. The van der Waals surface area contributed by atoms with Gasteiger partial charge in [0.15, 0.2) is 0 Å². The van der Waals surface area contributed by atoms with Gasteiger partial charge in [0, 0.05) is 11.6 Å². The van der Waals surface area contributed by atoms with Crippen molar-refractivity contribution in [2.45, 2.75) is 0 Å². The third-order valence-electron chi connectivity index (χ3n) is 1.74. The highest BCUT2D eigenvalue weighted by Gasteiger charge is 2.02. The average Bonchev–Trinajstić information content (AvgIpc) is 2.48. The maximum absolute atomic E-state index is 10.6. The number of hydrogen-bond acceptors (Lipinski definition) is 2. The van der Waals surface area contributed by atoms with Gasteiger partial charge in [0.1, 0.15) is 0 Å². The van der Waals surface area contributed by atoms with Gasteiger partial charge >= 0.3 is 5.30 Å². The number of thiol groups is 1. The SMILES string of the molecule is O=C(S)On1ccc2ccccc21. The summed E-state index contributed by atoms with van der Waals surface area (Å²) >= 11 is 3.53. The molecule has 2 aromatic rings. The first kappa shape index (κ1) is 8.19. The fourth-order valence-corrected chi connectivity index (χ4v) is 1.31. The smallest absolute Gasteiger partial charge is 0.326 e. The van der Waals surface area contributed by atoms with E-state index in [0.29, 0.717) is 0 Å². The van der Waals surface area contributed by atoms with Crippen molar-refractivity contribution in [1.82, 2.24) is 4.73 Å². The van der Waals surface area contributed by atoms with Crippen LogP contribution in [-0.4, -0.2) is 10.0 Å². The Labute approximate surface area is 80.3 Å². The van der Waals surface area contributed by atoms with Crippen molar-refractivity contribution in [3.8, 4) is 0 Å². The number of aromatic nitrogens is 1. The summed E-state index contributed by atoms with van der Waals surface area (Å²) in [5.74, 6) is 0. The van der Waals surface area contributed by atoms with Crippen LogP contribution in [0.3, 0.4) is 0 Å². The second kappa shape index (κ2) is 3.14. The molecule has 3 nitrogen and oxygen atoms in total. The second-order valence-electron chi connectivity index (χ2n) is 2.56. The number of nitrogens with zero attached hydrogens (tertiary/aromatic N) is 1. The van der Waals surface area contributed by atoms with Gasteiger partial charge in [0.05, 0.1) is 5.52 Å². The molecule has 0 spiro atoms. The number of rotatable bonds is 1. The standard InChI is InChI=1S/C9H7NO2S/c11-9(13)12-10-6-5-7-3-1-2-4-8(7)10/h1-6H,(H,11,13). The molecule has 0 aliphatic carbocycles. The van der Waals surface area contributed by atoms with Crippen molar-refractivity contribution in [1.29, 1.82) is 0 Å². The summed E-state index contributed by atoms with van der Waals surface area (Å²) in [7, 11) is 0. The number of fused-ring (bicyclic) bond motifs is 1. The van der Waals surface area contributed by atoms with E-state index in [1.165, 1.54) is 4.73 Å². The van der Waals surface area contributed by atoms with Gasteiger partial charge in [0.2, 0.25) is 0 Å². The normalized spacial score (nSPS) is 10.2. The van der Waals surface area contributed by atoms with Crippen molar-refractivity contribution >= 4 is 28.8 Å². The van der Waals surface area contributed by atoms with Gasteiger partial charge in [-0.3, -0.25) is 0 Å². The Morgan fingerprint density at radius 1 is 1.31 bits per heavy atom. The van der Waals surface area contributed by atoms with Gasteiger partial charge in [-0.05, 0) is 12.1 Å². The molecule has 0 radical (unpaired) electrons. The van der Waals surface area contributed by atoms with Crippen LogP contribution in [0, 0.1) is 0 Å². The molecular formula is C9H7NO2S. The summed E-state index contributed by atoms with van der Waals surface area (Å²) in [5, 5.41) is 0.401. The molecule has 0 fully saturated rings. The molecule has 1 aromatic heterocycles. The maximum Gasteiger partial charge on any atom is 0.388 e. The number of para-hydroxylation sites is 1. The lowest BCUT2D eigenvalue weighted by Crippen LogP contribution is -2.11. The zero-order valence-corrected chi connectivity index (χ0v) is 7.57. The van der Waals surface area contributed by atoms with Gasteiger partial charge in [0.25, 0.3) is 0 Å². The van der Waals surface area contributed by atoms with Crippen molar-refractivity contribution in [3.05, 3.63) is 36.5 Å². The number of hydrogen-bond donors (Lipinski definition) is 1. The van der Waals surface area contributed by atoms with Crippen LogP contribution in [0.5, 0.6) is 0 Å². The molecule has 66 valence electrons. The van der Waals surface area contributed by atoms with E-state index in [-0.39, 0.29) is 0 Å². The summed E-state index contributed by atoms with van der Waals surface area (Å²) in [6, 6.07) is 9.48. The molecule has 4 heteroatoms. The van der Waals surface area contributed by atoms with Crippen LogP contribution < -0.4 is 4.84 Å². The predicted molar refractivity (Wildman–Crippen MR) is 52.9 cm³/mol. The van der Waals surface area contributed by atoms with E-state index >= 15 is 0 Å². The third kappa shape index (κ3) is 1.53. The Balaban J connectivity index is 2.51. The van der Waals surface area contributed by atoms with Crippen LogP contribution in [0.4, 0.5) is 4.79 Å². The lowest BCUT2D eigenvalue weighted by molar-refractivity contribution is 0.167. The van der Waals surface area contributed by atoms with E-state index in [2.05, 4.69) is 12.6 Å². The van der Waals surface area contributed by atoms with Gasteiger partial charge in [-0.15, -0.1) is 0 Å². The molecule has 13 heavy (non-hydrogen) atoms. The summed E-state index contributed by atoms with van der Waals surface area (Å²) < 4.78 is 1.39. The Kier molecular flexibility index (Phi) is 1.98. The minimum Gasteiger partial charge on any atom is -0.326 e. The molecule has 0 atom stereocenters. The van der Waals surface area contributed by atoms with E-state index in [1.807, 2.05) is 30.3 Å². The van der Waals surface area contributed by atoms with Crippen molar-refractivity contribution in [2.75, 3.05) is 0 Å². The van der Waals surface area contributed by atoms with Gasteiger partial charge in [-0.2, -0.15) is 4.73 Å². The molecule has 0 bridgehead atoms. The highest BCUT2D eigenvalue weighted by Crippen LogP contribution is 2.13. The van der Waals surface area contributed by atoms with Gasteiger partial charge in [-0.25, -0.2) is 4.79 Å². The van der Waals surface area contributed by atoms with Gasteiger partial charge < -0.3 is 4.84 Å². The second-order valence-corrected chi connectivity index (χ2v) is 2.92. The highest BCUT2D eigenvalue weighted by molar-refractivity contribution is 7.96. The molecule has 1 aromatic carbocycles. The summed E-state index contributed by atoms with van der Waals surface area (Å²) in [5.41, 5.74) is 0.852. The zero-order chi connectivity index (χ0) is 9.26. The van der Waals surface area contributed by atoms with E-state index in [4.69, 9.17) is 4.84 Å². The van der Waals surface area contributed by atoms with Crippen LogP contribution in [0.15, 0.2) is 36.5 Å². The highest BCUT2D eigenvalue weighted by atomic mass is 32.1. The molecule has 0 aliphatic heterocycles. The fraction of sp³-hybridized carbons (Fsp3) is 0. The first-order valence-corrected chi connectivity index (χ1v) is 4.19. The molecule has 0 aliphatic rings. The molecular weight excluding hydrogens is 186 g/mol. The summed E-state index contributed by atoms with van der Waals surface area (Å²) in [4.78, 5) is 15.4. The topological polar surface area (TPSA) is 31.2 Å². The lowest BCUT2D eigenvalue weighted by Gasteiger charge is -2.01. The first-order chi connectivity index (χ1) is 6.27. The molecule has 2 rings (SSSR count). The van der Waals surface area contributed by atoms with E-state index in [1.54, 1.807) is 6.20 Å². The number of carbonyl (C=O) groups is 1. The summed E-state index contributed by atoms with van der Waals surface area (Å²) in [6.45, 7) is 0. The maximum atomic E-state index is 10.6. The van der Waals surface area contributed by atoms with Gasteiger partial charge in [-0.1, -0.05) is 30.8 Å². The predicted octanol–water partition coefficient (Wildman–Crippen LogP) is 2.12. The Morgan fingerprint density at radius 3 is 2.85 bits per heavy atom. The largest absolute Gasteiger partial charge is 0.388 e. The molecule has 0 amide bonds. The summed E-state index contributed by atoms with van der Waals surface area (Å²) in [6.07, 6.45) is 1.68. The Morgan fingerprint density at radius 2 is 2.08 bits per heavy atom. The van der Waals surface area contributed by atoms with Crippen molar-refractivity contribution in [3.63, 3.8) is 0 Å². The Bertz CT molecular complexity index is 450. The minimum atomic E-state index is -0.624. The van der Waals surface area contributed by atoms with Crippen molar-refractivity contribution < 1.29 is 9.63 Å². The Hall–Kier alpha value is -1.42. The minimum absolute atomic E-state index is 0.624. The van der Waals surface area contributed by atoms with Crippen LogP contribution in [-0.2, 0) is 0 Å². The van der Waals surface area contributed by atoms with Crippen LogP contribution in [0.2, 0.25) is 0 Å².